The molecule has 2 N–H and O–H groups in total. The summed E-state index contributed by atoms with van der Waals surface area (Å²) >= 11 is 0. The standard InChI is InChI=1S/C22H23N3O2/c1-3-16-8-10-18(11-9-16)25-22(26)20-14-19(12-13-23-20)24-15-17-6-4-5-7-21(17)27-2/h4-14H,3,15H2,1-2H3,(H,23,24)(H,25,26). The predicted octanol–water partition coefficient (Wildman–Crippen LogP) is 4.52. The molecule has 1 heterocycles. The number of aromatic nitrogens is 1. The number of hydrogen-bond donors (Lipinski definition) is 2. The minimum absolute atomic E-state index is 0.236. The van der Waals surface area contributed by atoms with Crippen LogP contribution in [0.4, 0.5) is 11.4 Å². The van der Waals surface area contributed by atoms with Gasteiger partial charge in [-0.25, -0.2) is 0 Å². The number of anilines is 2. The van der Waals surface area contributed by atoms with Gasteiger partial charge in [-0.2, -0.15) is 0 Å². The molecule has 3 rings (SSSR count). The fourth-order valence-corrected chi connectivity index (χ4v) is 2.73. The minimum atomic E-state index is -0.236. The summed E-state index contributed by atoms with van der Waals surface area (Å²) in [4.78, 5) is 16.7. The average molecular weight is 361 g/mol. The van der Waals surface area contributed by atoms with Crippen LogP contribution >= 0.6 is 0 Å². The Bertz CT molecular complexity index is 907. The van der Waals surface area contributed by atoms with Gasteiger partial charge in [-0.1, -0.05) is 37.3 Å². The van der Waals surface area contributed by atoms with Crippen molar-refractivity contribution >= 4 is 17.3 Å². The summed E-state index contributed by atoms with van der Waals surface area (Å²) in [6.07, 6.45) is 2.59. The number of carbonyl (C=O) groups excluding carboxylic acids is 1. The fraction of sp³-hybridized carbons (Fsp3) is 0.182. The SMILES string of the molecule is CCc1ccc(NC(=O)c2cc(NCc3ccccc3OC)ccn2)cc1. The van der Waals surface area contributed by atoms with Gasteiger partial charge < -0.3 is 15.4 Å². The molecule has 0 aliphatic rings. The molecule has 5 nitrogen and oxygen atoms in total. The van der Waals surface area contributed by atoms with Crippen molar-refractivity contribution in [1.82, 2.24) is 4.98 Å². The van der Waals surface area contributed by atoms with Gasteiger partial charge in [-0.05, 0) is 42.3 Å². The first kappa shape index (κ1) is 18.5. The summed E-state index contributed by atoms with van der Waals surface area (Å²) in [5, 5.41) is 6.19. The second-order valence-electron chi connectivity index (χ2n) is 6.10. The summed E-state index contributed by atoms with van der Waals surface area (Å²) in [6, 6.07) is 19.2. The third kappa shape index (κ3) is 4.85. The normalized spacial score (nSPS) is 10.3. The van der Waals surface area contributed by atoms with Crippen molar-refractivity contribution in [3.05, 3.63) is 83.7 Å². The average Bonchev–Trinajstić information content (AvgIpc) is 2.73. The summed E-state index contributed by atoms with van der Waals surface area (Å²) in [7, 11) is 1.65. The van der Waals surface area contributed by atoms with Crippen molar-refractivity contribution in [2.75, 3.05) is 17.7 Å². The highest BCUT2D eigenvalue weighted by atomic mass is 16.5. The smallest absolute Gasteiger partial charge is 0.274 e. The lowest BCUT2D eigenvalue weighted by Gasteiger charge is -2.11. The third-order valence-corrected chi connectivity index (χ3v) is 4.29. The third-order valence-electron chi connectivity index (χ3n) is 4.29. The maximum Gasteiger partial charge on any atom is 0.274 e. The molecule has 138 valence electrons. The molecule has 0 aliphatic heterocycles. The van der Waals surface area contributed by atoms with Crippen molar-refractivity contribution < 1.29 is 9.53 Å². The van der Waals surface area contributed by atoms with Gasteiger partial charge in [0.1, 0.15) is 11.4 Å². The van der Waals surface area contributed by atoms with Gasteiger partial charge in [0.05, 0.1) is 7.11 Å². The van der Waals surface area contributed by atoms with Crippen LogP contribution in [0.5, 0.6) is 5.75 Å². The van der Waals surface area contributed by atoms with Crippen LogP contribution in [-0.4, -0.2) is 18.0 Å². The maximum absolute atomic E-state index is 12.5. The summed E-state index contributed by atoms with van der Waals surface area (Å²) in [5.41, 5.74) is 4.21. The Balaban J connectivity index is 1.66. The zero-order chi connectivity index (χ0) is 19.1. The number of hydrogen-bond acceptors (Lipinski definition) is 4. The Kier molecular flexibility index (Phi) is 6.05. The Hall–Kier alpha value is -3.34. The molecule has 27 heavy (non-hydrogen) atoms. The predicted molar refractivity (Wildman–Crippen MR) is 108 cm³/mol. The monoisotopic (exact) mass is 361 g/mol. The van der Waals surface area contributed by atoms with Crippen molar-refractivity contribution in [2.45, 2.75) is 19.9 Å². The van der Waals surface area contributed by atoms with Crippen LogP contribution < -0.4 is 15.4 Å². The fourth-order valence-electron chi connectivity index (χ4n) is 2.73. The first-order valence-corrected chi connectivity index (χ1v) is 8.91. The van der Waals surface area contributed by atoms with Crippen LogP contribution in [0.2, 0.25) is 0 Å². The lowest BCUT2D eigenvalue weighted by atomic mass is 10.1. The molecule has 0 bridgehead atoms. The number of aryl methyl sites for hydroxylation is 1. The lowest BCUT2D eigenvalue weighted by molar-refractivity contribution is 0.102. The van der Waals surface area contributed by atoms with E-state index in [0.717, 1.165) is 29.1 Å². The number of pyridine rings is 1. The molecule has 0 fully saturated rings. The second kappa shape index (κ2) is 8.85. The second-order valence-corrected chi connectivity index (χ2v) is 6.10. The van der Waals surface area contributed by atoms with Gasteiger partial charge >= 0.3 is 0 Å². The van der Waals surface area contributed by atoms with Gasteiger partial charge in [-0.3, -0.25) is 9.78 Å². The molecule has 3 aromatic rings. The van der Waals surface area contributed by atoms with E-state index in [-0.39, 0.29) is 5.91 Å². The van der Waals surface area contributed by atoms with E-state index in [1.54, 1.807) is 19.4 Å². The molecule has 0 aliphatic carbocycles. The number of benzene rings is 2. The molecular formula is C22H23N3O2. The summed E-state index contributed by atoms with van der Waals surface area (Å²) in [6.45, 7) is 2.69. The molecule has 0 saturated heterocycles. The molecule has 0 unspecified atom stereocenters. The summed E-state index contributed by atoms with van der Waals surface area (Å²) < 4.78 is 5.36. The van der Waals surface area contributed by atoms with Crippen molar-refractivity contribution in [3.8, 4) is 5.75 Å². The van der Waals surface area contributed by atoms with Crippen LogP contribution in [0.15, 0.2) is 66.9 Å². The van der Waals surface area contributed by atoms with Crippen LogP contribution in [0.25, 0.3) is 0 Å². The minimum Gasteiger partial charge on any atom is -0.496 e. The number of nitrogens with one attached hydrogen (secondary N) is 2. The van der Waals surface area contributed by atoms with Crippen LogP contribution in [0, 0.1) is 0 Å². The zero-order valence-corrected chi connectivity index (χ0v) is 15.5. The van der Waals surface area contributed by atoms with E-state index in [2.05, 4.69) is 22.5 Å². The number of rotatable bonds is 7. The van der Waals surface area contributed by atoms with Gasteiger partial charge in [-0.15, -0.1) is 0 Å². The molecular weight excluding hydrogens is 338 g/mol. The molecule has 0 radical (unpaired) electrons. The molecule has 2 aromatic carbocycles. The molecule has 0 spiro atoms. The highest BCUT2D eigenvalue weighted by Gasteiger charge is 2.09. The number of amides is 1. The van der Waals surface area contributed by atoms with E-state index in [1.165, 1.54) is 5.56 Å². The number of ether oxygens (including phenoxy) is 1. The Morgan fingerprint density at radius 2 is 1.81 bits per heavy atom. The first-order valence-electron chi connectivity index (χ1n) is 8.91. The number of methoxy groups -OCH3 is 1. The quantitative estimate of drug-likeness (QED) is 0.650. The molecule has 0 atom stereocenters. The van der Waals surface area contributed by atoms with Crippen LogP contribution in [-0.2, 0) is 13.0 Å². The highest BCUT2D eigenvalue weighted by Crippen LogP contribution is 2.19. The molecule has 1 aromatic heterocycles. The van der Waals surface area contributed by atoms with Crippen LogP contribution in [0.3, 0.4) is 0 Å². The van der Waals surface area contributed by atoms with E-state index in [1.807, 2.05) is 54.6 Å². The maximum atomic E-state index is 12.5. The zero-order valence-electron chi connectivity index (χ0n) is 15.5. The molecule has 5 heteroatoms. The first-order chi connectivity index (χ1) is 13.2. The highest BCUT2D eigenvalue weighted by molar-refractivity contribution is 6.03. The van der Waals surface area contributed by atoms with E-state index >= 15 is 0 Å². The number of para-hydroxylation sites is 1. The van der Waals surface area contributed by atoms with Crippen molar-refractivity contribution in [2.24, 2.45) is 0 Å². The largest absolute Gasteiger partial charge is 0.496 e. The van der Waals surface area contributed by atoms with E-state index in [0.29, 0.717) is 12.2 Å². The van der Waals surface area contributed by atoms with Gasteiger partial charge in [0.15, 0.2) is 0 Å². The Labute approximate surface area is 159 Å². The van der Waals surface area contributed by atoms with Crippen LogP contribution in [0.1, 0.15) is 28.5 Å². The topological polar surface area (TPSA) is 63.2 Å². The van der Waals surface area contributed by atoms with Crippen molar-refractivity contribution in [3.63, 3.8) is 0 Å². The van der Waals surface area contributed by atoms with Gasteiger partial charge in [0.2, 0.25) is 0 Å². The van der Waals surface area contributed by atoms with Crippen molar-refractivity contribution in [1.29, 1.82) is 0 Å². The number of carbonyl (C=O) groups is 1. The molecule has 0 saturated carbocycles. The van der Waals surface area contributed by atoms with Gasteiger partial charge in [0, 0.05) is 29.7 Å². The Morgan fingerprint density at radius 3 is 2.56 bits per heavy atom. The van der Waals surface area contributed by atoms with E-state index in [4.69, 9.17) is 4.74 Å². The Morgan fingerprint density at radius 1 is 1.04 bits per heavy atom. The summed E-state index contributed by atoms with van der Waals surface area (Å²) in [5.74, 6) is 0.590. The van der Waals surface area contributed by atoms with E-state index in [9.17, 15) is 4.79 Å². The molecule has 1 amide bonds. The number of nitrogens with zero attached hydrogens (tertiary/aromatic N) is 1. The van der Waals surface area contributed by atoms with Gasteiger partial charge in [0.25, 0.3) is 5.91 Å². The van der Waals surface area contributed by atoms with E-state index < -0.39 is 0 Å². The lowest BCUT2D eigenvalue weighted by Crippen LogP contribution is -2.14.